The van der Waals surface area contributed by atoms with Crippen LogP contribution in [-0.2, 0) is 0 Å². The monoisotopic (exact) mass is 279 g/mol. The van der Waals surface area contributed by atoms with E-state index in [9.17, 15) is 4.79 Å². The van der Waals surface area contributed by atoms with Gasteiger partial charge in [0.1, 0.15) is 11.6 Å². The van der Waals surface area contributed by atoms with Crippen LogP contribution in [0, 0.1) is 0 Å². The van der Waals surface area contributed by atoms with Crippen molar-refractivity contribution in [1.29, 1.82) is 0 Å². The molecule has 0 atom stereocenters. The van der Waals surface area contributed by atoms with E-state index in [4.69, 9.17) is 15.7 Å². The van der Waals surface area contributed by atoms with Gasteiger partial charge in [0.15, 0.2) is 0 Å². The third-order valence-corrected chi connectivity index (χ3v) is 2.73. The number of nitrogens with zero attached hydrogens (tertiary/aromatic N) is 2. The van der Waals surface area contributed by atoms with Crippen LogP contribution in [0.1, 0.15) is 30.1 Å². The highest BCUT2D eigenvalue weighted by atomic mass is 16.5. The molecule has 0 fully saturated rings. The number of amidine groups is 1. The topological polar surface area (TPSA) is 88.2 Å². The van der Waals surface area contributed by atoms with Crippen LogP contribution in [0.2, 0.25) is 0 Å². The van der Waals surface area contributed by atoms with E-state index in [1.54, 1.807) is 25.2 Å². The predicted octanol–water partition coefficient (Wildman–Crippen LogP) is 1.68. The first-order valence-electron chi connectivity index (χ1n) is 6.53. The number of rotatable bonds is 7. The maximum Gasteiger partial charge on any atom is 0.253 e. The van der Waals surface area contributed by atoms with Gasteiger partial charge in [-0.1, -0.05) is 18.1 Å². The Morgan fingerprint density at radius 3 is 2.90 bits per heavy atom. The summed E-state index contributed by atoms with van der Waals surface area (Å²) < 4.78 is 5.50. The van der Waals surface area contributed by atoms with Crippen molar-refractivity contribution in [3.63, 3.8) is 0 Å². The van der Waals surface area contributed by atoms with Crippen molar-refractivity contribution >= 4 is 11.7 Å². The Balaban J connectivity index is 2.66. The number of oxime groups is 1. The van der Waals surface area contributed by atoms with E-state index in [0.717, 1.165) is 6.42 Å². The van der Waals surface area contributed by atoms with Crippen molar-refractivity contribution in [2.45, 2.75) is 19.8 Å². The Morgan fingerprint density at radius 1 is 1.50 bits per heavy atom. The normalized spacial score (nSPS) is 11.2. The van der Waals surface area contributed by atoms with Crippen molar-refractivity contribution in [2.75, 3.05) is 20.2 Å². The average molecular weight is 279 g/mol. The van der Waals surface area contributed by atoms with E-state index >= 15 is 0 Å². The molecular weight excluding hydrogens is 258 g/mol. The van der Waals surface area contributed by atoms with Gasteiger partial charge in [0, 0.05) is 25.6 Å². The molecule has 110 valence electrons. The minimum Gasteiger partial charge on any atom is -0.494 e. The highest BCUT2D eigenvalue weighted by molar-refractivity contribution is 5.94. The number of ether oxygens (including phenoxy) is 1. The molecule has 1 aromatic rings. The van der Waals surface area contributed by atoms with Gasteiger partial charge >= 0.3 is 0 Å². The summed E-state index contributed by atoms with van der Waals surface area (Å²) >= 11 is 0. The van der Waals surface area contributed by atoms with Gasteiger partial charge in [-0.05, 0) is 24.6 Å². The van der Waals surface area contributed by atoms with Gasteiger partial charge in [0.2, 0.25) is 0 Å². The number of hydrogen-bond acceptors (Lipinski definition) is 4. The second-order valence-electron chi connectivity index (χ2n) is 4.44. The lowest BCUT2D eigenvalue weighted by atomic mass is 10.2. The molecule has 20 heavy (non-hydrogen) atoms. The number of hydrogen-bond donors (Lipinski definition) is 2. The Labute approximate surface area is 118 Å². The fourth-order valence-electron chi connectivity index (χ4n) is 1.59. The molecule has 0 aromatic heterocycles. The zero-order chi connectivity index (χ0) is 15.0. The summed E-state index contributed by atoms with van der Waals surface area (Å²) in [6.45, 7) is 3.03. The fourth-order valence-corrected chi connectivity index (χ4v) is 1.59. The largest absolute Gasteiger partial charge is 0.494 e. The number of carbonyl (C=O) groups excluding carboxylic acids is 1. The van der Waals surface area contributed by atoms with Gasteiger partial charge in [-0.25, -0.2) is 0 Å². The van der Waals surface area contributed by atoms with Crippen LogP contribution >= 0.6 is 0 Å². The molecule has 6 nitrogen and oxygen atoms in total. The maximum absolute atomic E-state index is 12.2. The van der Waals surface area contributed by atoms with E-state index in [0.29, 0.717) is 30.9 Å². The number of benzene rings is 1. The molecule has 0 aliphatic rings. The van der Waals surface area contributed by atoms with E-state index in [2.05, 4.69) is 5.16 Å². The highest BCUT2D eigenvalue weighted by Gasteiger charge is 2.12. The lowest BCUT2D eigenvalue weighted by Crippen LogP contribution is -2.30. The summed E-state index contributed by atoms with van der Waals surface area (Å²) in [5.74, 6) is 0.657. The predicted molar refractivity (Wildman–Crippen MR) is 77.2 cm³/mol. The lowest BCUT2D eigenvalue weighted by Gasteiger charge is -2.17. The van der Waals surface area contributed by atoms with Gasteiger partial charge in [0.05, 0.1) is 6.61 Å². The third-order valence-electron chi connectivity index (χ3n) is 2.73. The van der Waals surface area contributed by atoms with E-state index in [1.165, 1.54) is 4.90 Å². The van der Waals surface area contributed by atoms with Crippen molar-refractivity contribution in [1.82, 2.24) is 4.90 Å². The zero-order valence-electron chi connectivity index (χ0n) is 11.9. The molecule has 1 aromatic carbocycles. The summed E-state index contributed by atoms with van der Waals surface area (Å²) in [5, 5.41) is 11.3. The van der Waals surface area contributed by atoms with Gasteiger partial charge in [-0.2, -0.15) is 0 Å². The molecule has 0 heterocycles. The van der Waals surface area contributed by atoms with Crippen molar-refractivity contribution in [2.24, 2.45) is 10.9 Å². The first kappa shape index (κ1) is 15.8. The summed E-state index contributed by atoms with van der Waals surface area (Å²) in [7, 11) is 1.67. The minimum atomic E-state index is -0.127. The Hall–Kier alpha value is -2.24. The van der Waals surface area contributed by atoms with Gasteiger partial charge in [-0.3, -0.25) is 4.79 Å². The summed E-state index contributed by atoms with van der Waals surface area (Å²) in [4.78, 5) is 13.7. The first-order chi connectivity index (χ1) is 9.58. The molecule has 3 N–H and O–H groups in total. The summed E-state index contributed by atoms with van der Waals surface area (Å²) in [6, 6.07) is 7.07. The average Bonchev–Trinajstić information content (AvgIpc) is 2.49. The van der Waals surface area contributed by atoms with Gasteiger partial charge in [-0.15, -0.1) is 0 Å². The van der Waals surface area contributed by atoms with Crippen LogP contribution in [0.4, 0.5) is 0 Å². The second-order valence-corrected chi connectivity index (χ2v) is 4.44. The van der Waals surface area contributed by atoms with Crippen molar-refractivity contribution in [3.8, 4) is 5.75 Å². The SMILES string of the molecule is CCCOc1cccc(C(=O)N(C)CCC(N)=NO)c1. The quantitative estimate of drug-likeness (QED) is 0.344. The van der Waals surface area contributed by atoms with Crippen molar-refractivity contribution < 1.29 is 14.7 Å². The molecular formula is C14H21N3O3. The van der Waals surface area contributed by atoms with Gasteiger partial charge < -0.3 is 20.6 Å². The highest BCUT2D eigenvalue weighted by Crippen LogP contribution is 2.15. The standard InChI is InChI=1S/C14H21N3O3/c1-3-9-20-12-6-4-5-11(10-12)14(18)17(2)8-7-13(15)16-19/h4-6,10,19H,3,7-9H2,1-2H3,(H2,15,16). The van der Waals surface area contributed by atoms with Crippen LogP contribution in [0.3, 0.4) is 0 Å². The van der Waals surface area contributed by atoms with E-state index in [1.807, 2.05) is 13.0 Å². The third kappa shape index (κ3) is 4.79. The van der Waals surface area contributed by atoms with Gasteiger partial charge in [0.25, 0.3) is 5.91 Å². The van der Waals surface area contributed by atoms with E-state index < -0.39 is 0 Å². The van der Waals surface area contributed by atoms with Crippen LogP contribution in [0.15, 0.2) is 29.4 Å². The Kier molecular flexibility index (Phi) is 6.36. The first-order valence-corrected chi connectivity index (χ1v) is 6.53. The second kappa shape index (κ2) is 8.04. The van der Waals surface area contributed by atoms with Crippen LogP contribution < -0.4 is 10.5 Å². The fraction of sp³-hybridized carbons (Fsp3) is 0.429. The molecule has 0 radical (unpaired) electrons. The molecule has 0 saturated carbocycles. The summed E-state index contributed by atoms with van der Waals surface area (Å²) in [6.07, 6.45) is 1.24. The van der Waals surface area contributed by atoms with Crippen LogP contribution in [0.25, 0.3) is 0 Å². The van der Waals surface area contributed by atoms with Crippen LogP contribution in [0.5, 0.6) is 5.75 Å². The minimum absolute atomic E-state index is 0.102. The van der Waals surface area contributed by atoms with Crippen molar-refractivity contribution in [3.05, 3.63) is 29.8 Å². The molecule has 0 spiro atoms. The molecule has 0 bridgehead atoms. The lowest BCUT2D eigenvalue weighted by molar-refractivity contribution is 0.0798. The Bertz CT molecular complexity index is 474. The summed E-state index contributed by atoms with van der Waals surface area (Å²) in [5.41, 5.74) is 5.94. The maximum atomic E-state index is 12.2. The molecule has 1 rings (SSSR count). The number of nitrogens with two attached hydrogens (primary N) is 1. The van der Waals surface area contributed by atoms with E-state index in [-0.39, 0.29) is 11.7 Å². The molecule has 0 aliphatic carbocycles. The smallest absolute Gasteiger partial charge is 0.253 e. The number of amides is 1. The van der Waals surface area contributed by atoms with Crippen LogP contribution in [-0.4, -0.2) is 42.0 Å². The number of carbonyl (C=O) groups is 1. The molecule has 0 unspecified atom stereocenters. The molecule has 0 aliphatic heterocycles. The molecule has 6 heteroatoms. The molecule has 0 saturated heterocycles. The zero-order valence-corrected chi connectivity index (χ0v) is 11.9. The molecule has 1 amide bonds. The Morgan fingerprint density at radius 2 is 2.25 bits per heavy atom.